The molecule has 0 aromatic heterocycles. The van der Waals surface area contributed by atoms with Gasteiger partial charge in [0.05, 0.1) is 0 Å². The minimum atomic E-state index is -0.930. The number of hydrogen-bond acceptors (Lipinski definition) is 5. The molecule has 22 heavy (non-hydrogen) atoms. The van der Waals surface area contributed by atoms with Crippen LogP contribution in [0.4, 0.5) is 4.79 Å². The van der Waals surface area contributed by atoms with Gasteiger partial charge in [-0.15, -0.1) is 0 Å². The van der Waals surface area contributed by atoms with E-state index in [0.717, 1.165) is 5.56 Å². The van der Waals surface area contributed by atoms with Crippen molar-refractivity contribution in [2.75, 3.05) is 13.1 Å². The van der Waals surface area contributed by atoms with Gasteiger partial charge in [-0.2, -0.15) is 0 Å². The van der Waals surface area contributed by atoms with Gasteiger partial charge in [0.1, 0.15) is 6.61 Å². The van der Waals surface area contributed by atoms with Crippen LogP contribution < -0.4 is 10.6 Å². The fourth-order valence-electron chi connectivity index (χ4n) is 1.51. The molecule has 7 heteroatoms. The van der Waals surface area contributed by atoms with E-state index in [1.165, 1.54) is 0 Å². The first-order valence-corrected chi connectivity index (χ1v) is 7.09. The number of amides is 1. The van der Waals surface area contributed by atoms with Crippen LogP contribution in [-0.2, 0) is 20.9 Å². The molecule has 1 aromatic rings. The molecule has 0 aliphatic heterocycles. The highest BCUT2D eigenvalue weighted by molar-refractivity contribution is 5.82. The molecule has 0 fully saturated rings. The van der Waals surface area contributed by atoms with Gasteiger partial charge in [-0.1, -0.05) is 37.3 Å². The predicted molar refractivity (Wildman–Crippen MR) is 81.4 cm³/mol. The Balaban J connectivity index is 2.09. The third-order valence-electron chi connectivity index (χ3n) is 2.67. The van der Waals surface area contributed by atoms with Crippen LogP contribution in [0.2, 0.25) is 0 Å². The SMILES string of the molecule is CCC(=O)NCCCNC(=N)OC(=O)OCc1ccccc1. The van der Waals surface area contributed by atoms with Crippen molar-refractivity contribution in [3.8, 4) is 0 Å². The number of hydrogen-bond donors (Lipinski definition) is 3. The minimum absolute atomic E-state index is 0.0178. The third-order valence-corrected chi connectivity index (χ3v) is 2.67. The summed E-state index contributed by atoms with van der Waals surface area (Å²) in [6.45, 7) is 2.79. The molecule has 3 N–H and O–H groups in total. The zero-order valence-corrected chi connectivity index (χ0v) is 12.6. The van der Waals surface area contributed by atoms with Crippen molar-refractivity contribution in [2.24, 2.45) is 0 Å². The summed E-state index contributed by atoms with van der Waals surface area (Å²) in [7, 11) is 0. The molecule has 120 valence electrons. The van der Waals surface area contributed by atoms with E-state index in [4.69, 9.17) is 10.1 Å². The summed E-state index contributed by atoms with van der Waals surface area (Å²) in [4.78, 5) is 22.3. The average molecular weight is 307 g/mol. The lowest BCUT2D eigenvalue weighted by Gasteiger charge is -2.09. The second-order valence-electron chi connectivity index (χ2n) is 4.44. The van der Waals surface area contributed by atoms with Gasteiger partial charge in [-0.25, -0.2) is 4.79 Å². The summed E-state index contributed by atoms with van der Waals surface area (Å²) in [6.07, 6.45) is 0.136. The van der Waals surface area contributed by atoms with Gasteiger partial charge >= 0.3 is 6.16 Å². The summed E-state index contributed by atoms with van der Waals surface area (Å²) < 4.78 is 9.52. The van der Waals surface area contributed by atoms with Crippen molar-refractivity contribution < 1.29 is 19.1 Å². The van der Waals surface area contributed by atoms with Gasteiger partial charge in [0, 0.05) is 19.5 Å². The molecule has 1 aromatic carbocycles. The molecule has 0 heterocycles. The summed E-state index contributed by atoms with van der Waals surface area (Å²) in [5, 5.41) is 12.8. The zero-order valence-electron chi connectivity index (χ0n) is 12.6. The predicted octanol–water partition coefficient (Wildman–Crippen LogP) is 1.78. The topological polar surface area (TPSA) is 101 Å². The highest BCUT2D eigenvalue weighted by Crippen LogP contribution is 2.01. The van der Waals surface area contributed by atoms with Gasteiger partial charge in [-0.3, -0.25) is 10.2 Å². The van der Waals surface area contributed by atoms with Crippen molar-refractivity contribution in [1.29, 1.82) is 5.41 Å². The monoisotopic (exact) mass is 307 g/mol. The molecule has 0 atom stereocenters. The Hall–Kier alpha value is -2.57. The van der Waals surface area contributed by atoms with Crippen molar-refractivity contribution >= 4 is 18.1 Å². The maximum Gasteiger partial charge on any atom is 0.516 e. The minimum Gasteiger partial charge on any atom is -0.429 e. The molecule has 7 nitrogen and oxygen atoms in total. The summed E-state index contributed by atoms with van der Waals surface area (Å²) in [6, 6.07) is 8.81. The summed E-state index contributed by atoms with van der Waals surface area (Å²) >= 11 is 0. The average Bonchev–Trinajstić information content (AvgIpc) is 2.53. The number of amidine groups is 1. The van der Waals surface area contributed by atoms with Gasteiger partial charge in [-0.05, 0) is 12.0 Å². The van der Waals surface area contributed by atoms with Gasteiger partial charge in [0.2, 0.25) is 5.91 Å². The van der Waals surface area contributed by atoms with Crippen molar-refractivity contribution in [2.45, 2.75) is 26.4 Å². The van der Waals surface area contributed by atoms with Crippen LogP contribution in [0.5, 0.6) is 0 Å². The lowest BCUT2D eigenvalue weighted by atomic mass is 10.2. The Bertz CT molecular complexity index is 491. The zero-order chi connectivity index (χ0) is 16.2. The summed E-state index contributed by atoms with van der Waals surface area (Å²) in [5.41, 5.74) is 0.839. The van der Waals surface area contributed by atoms with Crippen LogP contribution in [0.15, 0.2) is 30.3 Å². The highest BCUT2D eigenvalue weighted by Gasteiger charge is 2.08. The Morgan fingerprint density at radius 3 is 2.50 bits per heavy atom. The molecule has 0 unspecified atom stereocenters. The number of carbonyl (C=O) groups excluding carboxylic acids is 2. The lowest BCUT2D eigenvalue weighted by Crippen LogP contribution is -2.31. The number of carbonyl (C=O) groups is 2. The van der Waals surface area contributed by atoms with Crippen LogP contribution in [-0.4, -0.2) is 31.2 Å². The Kier molecular flexibility index (Phi) is 8.10. The molecule has 0 radical (unpaired) electrons. The normalized spacial score (nSPS) is 9.68. The van der Waals surface area contributed by atoms with Crippen molar-refractivity contribution in [1.82, 2.24) is 10.6 Å². The van der Waals surface area contributed by atoms with E-state index in [2.05, 4.69) is 15.4 Å². The molecule has 0 bridgehead atoms. The number of benzene rings is 1. The van der Waals surface area contributed by atoms with Gasteiger partial charge < -0.3 is 20.1 Å². The largest absolute Gasteiger partial charge is 0.516 e. The third kappa shape index (κ3) is 7.88. The molecule has 0 spiro atoms. The highest BCUT2D eigenvalue weighted by atomic mass is 16.7. The number of rotatable bonds is 7. The van der Waals surface area contributed by atoms with Gasteiger partial charge in [0.25, 0.3) is 6.02 Å². The lowest BCUT2D eigenvalue weighted by molar-refractivity contribution is -0.120. The second kappa shape index (κ2) is 10.2. The maximum absolute atomic E-state index is 11.4. The van der Waals surface area contributed by atoms with E-state index in [1.807, 2.05) is 30.3 Å². The molecular formula is C15H21N3O4. The van der Waals surface area contributed by atoms with Crippen LogP contribution in [0.3, 0.4) is 0 Å². The van der Waals surface area contributed by atoms with E-state index in [1.54, 1.807) is 6.92 Å². The van der Waals surface area contributed by atoms with E-state index in [9.17, 15) is 9.59 Å². The molecule has 0 aliphatic carbocycles. The second-order valence-corrected chi connectivity index (χ2v) is 4.44. The molecule has 0 saturated heterocycles. The fraction of sp³-hybridized carbons (Fsp3) is 0.400. The molecule has 1 rings (SSSR count). The van der Waals surface area contributed by atoms with E-state index in [-0.39, 0.29) is 18.5 Å². The van der Waals surface area contributed by atoms with Crippen LogP contribution in [0.1, 0.15) is 25.3 Å². The first-order valence-electron chi connectivity index (χ1n) is 7.09. The standard InChI is InChI=1S/C15H21N3O4/c1-2-13(19)17-9-6-10-18-14(16)22-15(20)21-11-12-7-4-3-5-8-12/h3-5,7-8H,2,6,9-11H2,1H3,(H2,16,18)(H,17,19). The number of ether oxygens (including phenoxy) is 2. The smallest absolute Gasteiger partial charge is 0.429 e. The Morgan fingerprint density at radius 2 is 1.82 bits per heavy atom. The first kappa shape index (κ1) is 17.5. The van der Waals surface area contributed by atoms with E-state index in [0.29, 0.717) is 25.9 Å². The summed E-state index contributed by atoms with van der Waals surface area (Å²) in [5.74, 6) is -0.0178. The Morgan fingerprint density at radius 1 is 1.14 bits per heavy atom. The van der Waals surface area contributed by atoms with Crippen molar-refractivity contribution in [3.05, 3.63) is 35.9 Å². The van der Waals surface area contributed by atoms with Crippen LogP contribution in [0.25, 0.3) is 0 Å². The first-order chi connectivity index (χ1) is 10.6. The van der Waals surface area contributed by atoms with Crippen LogP contribution in [0, 0.1) is 5.41 Å². The van der Waals surface area contributed by atoms with Crippen LogP contribution >= 0.6 is 0 Å². The quantitative estimate of drug-likeness (QED) is 0.308. The number of nitrogens with one attached hydrogen (secondary N) is 3. The molecule has 1 amide bonds. The van der Waals surface area contributed by atoms with E-state index >= 15 is 0 Å². The van der Waals surface area contributed by atoms with Gasteiger partial charge in [0.15, 0.2) is 0 Å². The Labute approximate surface area is 129 Å². The molecule has 0 aliphatic rings. The van der Waals surface area contributed by atoms with Crippen molar-refractivity contribution in [3.63, 3.8) is 0 Å². The molecule has 0 saturated carbocycles. The fourth-order valence-corrected chi connectivity index (χ4v) is 1.51. The van der Waals surface area contributed by atoms with E-state index < -0.39 is 6.16 Å². The maximum atomic E-state index is 11.4. The molecular weight excluding hydrogens is 286 g/mol.